The predicted octanol–water partition coefficient (Wildman–Crippen LogP) is 2.85. The standard InChI is InChI=1S/C12H15FN2/c1-8(2)12(3,7-14)10-5-4-9(15)6-11(10)13/h4-6,8H,15H2,1-3H3. The van der Waals surface area contributed by atoms with E-state index in [1.54, 1.807) is 19.1 Å². The number of halogens is 1. The van der Waals surface area contributed by atoms with Crippen LogP contribution in [0, 0.1) is 23.1 Å². The van der Waals surface area contributed by atoms with Crippen LogP contribution in [0.2, 0.25) is 0 Å². The minimum atomic E-state index is -0.808. The number of nitrogen functional groups attached to an aromatic ring is 1. The zero-order chi connectivity index (χ0) is 11.6. The van der Waals surface area contributed by atoms with Crippen molar-refractivity contribution in [2.24, 2.45) is 5.92 Å². The number of nitrogens with two attached hydrogens (primary N) is 1. The zero-order valence-electron chi connectivity index (χ0n) is 9.21. The molecule has 1 aromatic carbocycles. The average Bonchev–Trinajstić information content (AvgIpc) is 2.16. The van der Waals surface area contributed by atoms with Gasteiger partial charge in [-0.05, 0) is 25.0 Å². The summed E-state index contributed by atoms with van der Waals surface area (Å²) in [5.74, 6) is -0.367. The third kappa shape index (κ3) is 1.94. The van der Waals surface area contributed by atoms with Crippen molar-refractivity contribution in [1.29, 1.82) is 5.26 Å². The third-order valence-electron chi connectivity index (χ3n) is 2.94. The lowest BCUT2D eigenvalue weighted by Crippen LogP contribution is -2.27. The Labute approximate surface area is 89.5 Å². The number of benzene rings is 1. The molecule has 1 atom stereocenters. The molecule has 1 aromatic rings. The first-order valence-electron chi connectivity index (χ1n) is 4.88. The van der Waals surface area contributed by atoms with Gasteiger partial charge in [0.25, 0.3) is 0 Å². The highest BCUT2D eigenvalue weighted by atomic mass is 19.1. The molecule has 0 heterocycles. The van der Waals surface area contributed by atoms with Crippen molar-refractivity contribution in [2.75, 3.05) is 5.73 Å². The van der Waals surface area contributed by atoms with Gasteiger partial charge in [0.1, 0.15) is 5.82 Å². The molecule has 0 bridgehead atoms. The van der Waals surface area contributed by atoms with E-state index in [0.29, 0.717) is 11.3 Å². The lowest BCUT2D eigenvalue weighted by Gasteiger charge is -2.26. The summed E-state index contributed by atoms with van der Waals surface area (Å²) in [6, 6.07) is 6.64. The number of hydrogen-bond acceptors (Lipinski definition) is 2. The molecule has 0 radical (unpaired) electrons. The maximum atomic E-state index is 13.7. The highest BCUT2D eigenvalue weighted by Crippen LogP contribution is 2.33. The van der Waals surface area contributed by atoms with Crippen molar-refractivity contribution in [3.05, 3.63) is 29.6 Å². The molecule has 2 N–H and O–H groups in total. The Morgan fingerprint density at radius 3 is 2.47 bits per heavy atom. The Bertz CT molecular complexity index is 407. The molecule has 0 amide bonds. The molecule has 0 fully saturated rings. The summed E-state index contributed by atoms with van der Waals surface area (Å²) in [6.07, 6.45) is 0. The monoisotopic (exact) mass is 206 g/mol. The first kappa shape index (κ1) is 11.5. The number of nitriles is 1. The molecule has 2 nitrogen and oxygen atoms in total. The summed E-state index contributed by atoms with van der Waals surface area (Å²) in [6.45, 7) is 5.55. The molecule has 0 saturated carbocycles. The Hall–Kier alpha value is -1.56. The fourth-order valence-corrected chi connectivity index (χ4v) is 1.45. The van der Waals surface area contributed by atoms with Gasteiger partial charge in [-0.15, -0.1) is 0 Å². The third-order valence-corrected chi connectivity index (χ3v) is 2.94. The summed E-state index contributed by atoms with van der Waals surface area (Å²) in [5.41, 5.74) is 5.44. The molecule has 1 unspecified atom stereocenters. The van der Waals surface area contributed by atoms with Crippen molar-refractivity contribution in [2.45, 2.75) is 26.2 Å². The quantitative estimate of drug-likeness (QED) is 0.756. The van der Waals surface area contributed by atoms with Crippen LogP contribution < -0.4 is 5.73 Å². The molecule has 0 aliphatic carbocycles. The Morgan fingerprint density at radius 1 is 1.47 bits per heavy atom. The van der Waals surface area contributed by atoms with Crippen LogP contribution in [0.15, 0.2) is 18.2 Å². The molecule has 3 heteroatoms. The van der Waals surface area contributed by atoms with Crippen molar-refractivity contribution >= 4 is 5.69 Å². The molecule has 1 rings (SSSR count). The van der Waals surface area contributed by atoms with E-state index in [4.69, 9.17) is 11.0 Å². The van der Waals surface area contributed by atoms with Crippen LogP contribution in [0.5, 0.6) is 0 Å². The topological polar surface area (TPSA) is 49.8 Å². The molecule has 0 spiro atoms. The molecular weight excluding hydrogens is 191 g/mol. The van der Waals surface area contributed by atoms with Crippen molar-refractivity contribution < 1.29 is 4.39 Å². The second-order valence-corrected chi connectivity index (χ2v) is 4.21. The maximum Gasteiger partial charge on any atom is 0.130 e. The van der Waals surface area contributed by atoms with E-state index < -0.39 is 11.2 Å². The van der Waals surface area contributed by atoms with Gasteiger partial charge >= 0.3 is 0 Å². The Balaban J connectivity index is 3.32. The van der Waals surface area contributed by atoms with E-state index >= 15 is 0 Å². The molecule has 0 aromatic heterocycles. The SMILES string of the molecule is CC(C)C(C)(C#N)c1ccc(N)cc1F. The molecule has 0 saturated heterocycles. The minimum Gasteiger partial charge on any atom is -0.399 e. The van der Waals surface area contributed by atoms with Gasteiger partial charge in [-0.2, -0.15) is 5.26 Å². The van der Waals surface area contributed by atoms with E-state index in [-0.39, 0.29) is 5.92 Å². The van der Waals surface area contributed by atoms with E-state index in [1.807, 2.05) is 13.8 Å². The highest BCUT2D eigenvalue weighted by molar-refractivity contribution is 5.44. The molecule has 0 aliphatic rings. The van der Waals surface area contributed by atoms with Crippen LogP contribution in [-0.4, -0.2) is 0 Å². The van der Waals surface area contributed by atoms with Gasteiger partial charge in [0.05, 0.1) is 11.5 Å². The van der Waals surface area contributed by atoms with Crippen molar-refractivity contribution in [1.82, 2.24) is 0 Å². The first-order chi connectivity index (χ1) is 6.91. The summed E-state index contributed by atoms with van der Waals surface area (Å²) < 4.78 is 13.7. The van der Waals surface area contributed by atoms with E-state index in [0.717, 1.165) is 0 Å². The van der Waals surface area contributed by atoms with Gasteiger partial charge in [0, 0.05) is 11.3 Å². The fraction of sp³-hybridized carbons (Fsp3) is 0.417. The summed E-state index contributed by atoms with van der Waals surface area (Å²) in [7, 11) is 0. The first-order valence-corrected chi connectivity index (χ1v) is 4.88. The second kappa shape index (κ2) is 3.90. The highest BCUT2D eigenvalue weighted by Gasteiger charge is 2.32. The molecular formula is C12H15FN2. The van der Waals surface area contributed by atoms with Crippen molar-refractivity contribution in [3.8, 4) is 6.07 Å². The van der Waals surface area contributed by atoms with E-state index in [1.165, 1.54) is 6.07 Å². The van der Waals surface area contributed by atoms with Gasteiger partial charge in [-0.25, -0.2) is 4.39 Å². The second-order valence-electron chi connectivity index (χ2n) is 4.21. The number of nitrogens with zero attached hydrogens (tertiary/aromatic N) is 1. The number of hydrogen-bond donors (Lipinski definition) is 1. The van der Waals surface area contributed by atoms with Crippen LogP contribution in [0.1, 0.15) is 26.3 Å². The van der Waals surface area contributed by atoms with Crippen LogP contribution in [0.4, 0.5) is 10.1 Å². The Morgan fingerprint density at radius 2 is 2.07 bits per heavy atom. The minimum absolute atomic E-state index is 0.0422. The van der Waals surface area contributed by atoms with Gasteiger partial charge < -0.3 is 5.73 Å². The van der Waals surface area contributed by atoms with Crippen molar-refractivity contribution in [3.63, 3.8) is 0 Å². The number of rotatable bonds is 2. The van der Waals surface area contributed by atoms with Gasteiger partial charge in [-0.1, -0.05) is 19.9 Å². The predicted molar refractivity (Wildman–Crippen MR) is 58.6 cm³/mol. The van der Waals surface area contributed by atoms with E-state index in [9.17, 15) is 4.39 Å². The molecule has 80 valence electrons. The van der Waals surface area contributed by atoms with Crippen LogP contribution in [0.25, 0.3) is 0 Å². The maximum absolute atomic E-state index is 13.7. The lowest BCUT2D eigenvalue weighted by atomic mass is 9.74. The average molecular weight is 206 g/mol. The fourth-order valence-electron chi connectivity index (χ4n) is 1.45. The summed E-state index contributed by atoms with van der Waals surface area (Å²) in [4.78, 5) is 0. The Kier molecular flexibility index (Phi) is 2.99. The normalized spacial score (nSPS) is 14.7. The van der Waals surface area contributed by atoms with Crippen LogP contribution in [0.3, 0.4) is 0 Å². The van der Waals surface area contributed by atoms with Gasteiger partial charge in [0.15, 0.2) is 0 Å². The van der Waals surface area contributed by atoms with Crippen LogP contribution in [-0.2, 0) is 5.41 Å². The molecule has 15 heavy (non-hydrogen) atoms. The van der Waals surface area contributed by atoms with Gasteiger partial charge in [0.2, 0.25) is 0 Å². The smallest absolute Gasteiger partial charge is 0.130 e. The largest absolute Gasteiger partial charge is 0.399 e. The summed E-state index contributed by atoms with van der Waals surface area (Å²) in [5, 5.41) is 9.15. The van der Waals surface area contributed by atoms with E-state index in [2.05, 4.69) is 6.07 Å². The molecule has 0 aliphatic heterocycles. The lowest BCUT2D eigenvalue weighted by molar-refractivity contribution is 0.412. The summed E-state index contributed by atoms with van der Waals surface area (Å²) >= 11 is 0. The van der Waals surface area contributed by atoms with Gasteiger partial charge in [-0.3, -0.25) is 0 Å². The zero-order valence-corrected chi connectivity index (χ0v) is 9.21. The van der Waals surface area contributed by atoms with Crippen LogP contribution >= 0.6 is 0 Å². The number of anilines is 1.